The van der Waals surface area contributed by atoms with E-state index in [-0.39, 0.29) is 0 Å². The highest BCUT2D eigenvalue weighted by molar-refractivity contribution is 7.84. The first-order valence-corrected chi connectivity index (χ1v) is 8.58. The van der Waals surface area contributed by atoms with Crippen LogP contribution < -0.4 is 10.5 Å². The van der Waals surface area contributed by atoms with E-state index in [1.165, 1.54) is 0 Å². The lowest BCUT2D eigenvalue weighted by molar-refractivity contribution is 0.315. The van der Waals surface area contributed by atoms with Gasteiger partial charge in [0.15, 0.2) is 0 Å². The van der Waals surface area contributed by atoms with Crippen LogP contribution in [0.25, 0.3) is 0 Å². The van der Waals surface area contributed by atoms with Crippen molar-refractivity contribution in [2.24, 2.45) is 5.73 Å². The second-order valence-corrected chi connectivity index (χ2v) is 6.36. The summed E-state index contributed by atoms with van der Waals surface area (Å²) in [6, 6.07) is 17.7. The summed E-state index contributed by atoms with van der Waals surface area (Å²) >= 11 is 0. The van der Waals surface area contributed by atoms with Crippen molar-refractivity contribution >= 4 is 10.8 Å². The zero-order valence-electron chi connectivity index (χ0n) is 12.0. The molecule has 2 N–H and O–H groups in total. The van der Waals surface area contributed by atoms with Gasteiger partial charge in [-0.1, -0.05) is 48.5 Å². The quantitative estimate of drug-likeness (QED) is 0.763. The van der Waals surface area contributed by atoms with Crippen LogP contribution in [0.1, 0.15) is 17.5 Å². The predicted molar refractivity (Wildman–Crippen MR) is 87.6 cm³/mol. The molecule has 0 amide bonds. The molecule has 0 saturated heterocycles. The maximum Gasteiger partial charge on any atom is 0.123 e. The summed E-state index contributed by atoms with van der Waals surface area (Å²) in [7, 11) is -0.841. The number of rotatable bonds is 8. The molecule has 0 aromatic heterocycles. The van der Waals surface area contributed by atoms with Crippen LogP contribution in [0.3, 0.4) is 0 Å². The summed E-state index contributed by atoms with van der Waals surface area (Å²) in [6.45, 7) is 1.04. The van der Waals surface area contributed by atoms with Crippen LogP contribution in [0.15, 0.2) is 54.6 Å². The average Bonchev–Trinajstić information content (AvgIpc) is 2.53. The van der Waals surface area contributed by atoms with Crippen molar-refractivity contribution in [3.05, 3.63) is 65.7 Å². The Balaban J connectivity index is 1.71. The molecule has 0 aliphatic heterocycles. The molecule has 0 aliphatic rings. The molecule has 21 heavy (non-hydrogen) atoms. The third-order valence-electron chi connectivity index (χ3n) is 3.14. The minimum Gasteiger partial charge on any atom is -0.493 e. The Morgan fingerprint density at radius 3 is 2.48 bits per heavy atom. The molecule has 4 heteroatoms. The van der Waals surface area contributed by atoms with Crippen molar-refractivity contribution in [3.63, 3.8) is 0 Å². The van der Waals surface area contributed by atoms with E-state index >= 15 is 0 Å². The molecule has 2 aromatic carbocycles. The third kappa shape index (κ3) is 5.33. The fraction of sp³-hybridized carbons (Fsp3) is 0.294. The van der Waals surface area contributed by atoms with Gasteiger partial charge in [0.2, 0.25) is 0 Å². The highest BCUT2D eigenvalue weighted by Gasteiger charge is 2.03. The van der Waals surface area contributed by atoms with E-state index < -0.39 is 10.8 Å². The van der Waals surface area contributed by atoms with Crippen molar-refractivity contribution in [2.45, 2.75) is 18.7 Å². The highest BCUT2D eigenvalue weighted by atomic mass is 32.2. The molecule has 0 spiro atoms. The minimum absolute atomic E-state index is 0.468. The van der Waals surface area contributed by atoms with Gasteiger partial charge in [0.1, 0.15) is 5.75 Å². The summed E-state index contributed by atoms with van der Waals surface area (Å²) in [4.78, 5) is 0. The lowest BCUT2D eigenvalue weighted by Gasteiger charge is -2.10. The number of benzene rings is 2. The molecule has 1 atom stereocenters. The molecule has 0 bridgehead atoms. The lowest BCUT2D eigenvalue weighted by atomic mass is 10.2. The Morgan fingerprint density at radius 1 is 1.00 bits per heavy atom. The molecular weight excluding hydrogens is 282 g/mol. The SMILES string of the molecule is NCc1ccccc1OCCCS(=O)Cc1ccccc1. The fourth-order valence-corrected chi connectivity index (χ4v) is 3.20. The van der Waals surface area contributed by atoms with Crippen LogP contribution >= 0.6 is 0 Å². The Labute approximate surface area is 128 Å². The molecule has 2 rings (SSSR count). The second kappa shape index (κ2) is 8.60. The topological polar surface area (TPSA) is 52.3 Å². The van der Waals surface area contributed by atoms with Gasteiger partial charge in [0, 0.05) is 34.4 Å². The van der Waals surface area contributed by atoms with Crippen LogP contribution in [0.2, 0.25) is 0 Å². The third-order valence-corrected chi connectivity index (χ3v) is 4.54. The first-order valence-electron chi connectivity index (χ1n) is 7.09. The van der Waals surface area contributed by atoms with Gasteiger partial charge in [-0.15, -0.1) is 0 Å². The molecular formula is C17H21NO2S. The number of hydrogen-bond acceptors (Lipinski definition) is 3. The molecule has 0 fully saturated rings. The van der Waals surface area contributed by atoms with Crippen molar-refractivity contribution < 1.29 is 8.95 Å². The Kier molecular flexibility index (Phi) is 6.44. The molecule has 2 aromatic rings. The van der Waals surface area contributed by atoms with Gasteiger partial charge in [-0.2, -0.15) is 0 Å². The van der Waals surface area contributed by atoms with Gasteiger partial charge in [-0.25, -0.2) is 0 Å². The zero-order valence-corrected chi connectivity index (χ0v) is 12.9. The average molecular weight is 303 g/mol. The van der Waals surface area contributed by atoms with Gasteiger partial charge >= 0.3 is 0 Å². The van der Waals surface area contributed by atoms with Crippen LogP contribution in [-0.4, -0.2) is 16.6 Å². The van der Waals surface area contributed by atoms with Gasteiger partial charge in [0.05, 0.1) is 6.61 Å². The molecule has 0 heterocycles. The summed E-state index contributed by atoms with van der Waals surface area (Å²) in [5, 5.41) is 0. The summed E-state index contributed by atoms with van der Waals surface area (Å²) in [5.41, 5.74) is 7.78. The van der Waals surface area contributed by atoms with E-state index in [1.54, 1.807) is 0 Å². The number of hydrogen-bond donors (Lipinski definition) is 1. The maximum absolute atomic E-state index is 12.0. The van der Waals surface area contributed by atoms with E-state index in [1.807, 2.05) is 54.6 Å². The van der Waals surface area contributed by atoms with Gasteiger partial charge < -0.3 is 10.5 Å². The minimum atomic E-state index is -0.841. The van der Waals surface area contributed by atoms with E-state index in [0.29, 0.717) is 24.7 Å². The highest BCUT2D eigenvalue weighted by Crippen LogP contribution is 2.17. The van der Waals surface area contributed by atoms with Crippen molar-refractivity contribution in [3.8, 4) is 5.75 Å². The summed E-state index contributed by atoms with van der Waals surface area (Å²) in [5.74, 6) is 2.09. The molecule has 0 saturated carbocycles. The first-order chi connectivity index (χ1) is 10.3. The van der Waals surface area contributed by atoms with E-state index in [0.717, 1.165) is 23.3 Å². The first kappa shape index (κ1) is 15.7. The standard InChI is InChI=1S/C17H21NO2S/c18-13-16-9-4-5-10-17(16)20-11-6-12-21(19)14-15-7-2-1-3-8-15/h1-5,7-10H,6,11-14,18H2. The number of nitrogens with two attached hydrogens (primary N) is 1. The normalized spacial score (nSPS) is 12.0. The molecule has 1 unspecified atom stereocenters. The van der Waals surface area contributed by atoms with Crippen LogP contribution in [0.5, 0.6) is 5.75 Å². The second-order valence-electron chi connectivity index (χ2n) is 4.79. The maximum atomic E-state index is 12.0. The molecule has 0 aliphatic carbocycles. The fourth-order valence-electron chi connectivity index (χ4n) is 2.05. The van der Waals surface area contributed by atoms with Crippen molar-refractivity contribution in [2.75, 3.05) is 12.4 Å². The lowest BCUT2D eigenvalue weighted by Crippen LogP contribution is -2.08. The van der Waals surface area contributed by atoms with E-state index in [4.69, 9.17) is 10.5 Å². The molecule has 112 valence electrons. The molecule has 3 nitrogen and oxygen atoms in total. The largest absolute Gasteiger partial charge is 0.493 e. The Morgan fingerprint density at radius 2 is 1.71 bits per heavy atom. The van der Waals surface area contributed by atoms with Crippen molar-refractivity contribution in [1.29, 1.82) is 0 Å². The smallest absolute Gasteiger partial charge is 0.123 e. The van der Waals surface area contributed by atoms with E-state index in [9.17, 15) is 4.21 Å². The summed E-state index contributed by atoms with van der Waals surface area (Å²) < 4.78 is 17.7. The van der Waals surface area contributed by atoms with Crippen LogP contribution in [0.4, 0.5) is 0 Å². The van der Waals surface area contributed by atoms with Crippen LogP contribution in [-0.2, 0) is 23.1 Å². The molecule has 0 radical (unpaired) electrons. The Bertz CT molecular complexity index is 572. The van der Waals surface area contributed by atoms with Gasteiger partial charge in [-0.3, -0.25) is 4.21 Å². The Hall–Kier alpha value is -1.65. The number of para-hydroxylation sites is 1. The van der Waals surface area contributed by atoms with Crippen molar-refractivity contribution in [1.82, 2.24) is 0 Å². The van der Waals surface area contributed by atoms with Gasteiger partial charge in [0.25, 0.3) is 0 Å². The van der Waals surface area contributed by atoms with Crippen LogP contribution in [0, 0.1) is 0 Å². The summed E-state index contributed by atoms with van der Waals surface area (Å²) in [6.07, 6.45) is 0.776. The number of ether oxygens (including phenoxy) is 1. The van der Waals surface area contributed by atoms with E-state index in [2.05, 4.69) is 0 Å². The zero-order chi connectivity index (χ0) is 14.9. The monoisotopic (exact) mass is 303 g/mol. The predicted octanol–water partition coefficient (Wildman–Crippen LogP) is 2.86. The van der Waals surface area contributed by atoms with Gasteiger partial charge in [-0.05, 0) is 18.1 Å².